The third-order valence-electron chi connectivity index (χ3n) is 5.07. The molecule has 1 fully saturated rings. The Hall–Kier alpha value is -1.09. The van der Waals surface area contributed by atoms with Gasteiger partial charge in [0.1, 0.15) is 0 Å². The average Bonchev–Trinajstić information content (AvgIpc) is 2.53. The molecule has 1 aliphatic carbocycles. The van der Waals surface area contributed by atoms with Crippen LogP contribution < -0.4 is 10.6 Å². The molecule has 0 bridgehead atoms. The second kappa shape index (κ2) is 10.7. The SMILES string of the molecule is Cc1ccc(NC(=S)NC2CCCCCCCCCCC2)c(C)c1. The van der Waals surface area contributed by atoms with Crippen molar-refractivity contribution in [2.75, 3.05) is 5.32 Å². The van der Waals surface area contributed by atoms with Crippen molar-refractivity contribution >= 4 is 23.0 Å². The molecule has 0 atom stereocenters. The van der Waals surface area contributed by atoms with Gasteiger partial charge in [-0.05, 0) is 50.5 Å². The minimum absolute atomic E-state index is 0.523. The standard InChI is InChI=1S/C21H34N2S/c1-17-14-15-20(18(2)16-17)23-21(24)22-19-12-10-8-6-4-3-5-7-9-11-13-19/h14-16,19H,3-13H2,1-2H3,(H2,22,23,24). The summed E-state index contributed by atoms with van der Waals surface area (Å²) < 4.78 is 0. The van der Waals surface area contributed by atoms with Crippen LogP contribution in [0.2, 0.25) is 0 Å². The van der Waals surface area contributed by atoms with Gasteiger partial charge in [-0.15, -0.1) is 0 Å². The zero-order valence-electron chi connectivity index (χ0n) is 15.5. The van der Waals surface area contributed by atoms with Gasteiger partial charge in [-0.25, -0.2) is 0 Å². The molecule has 0 radical (unpaired) electrons. The summed E-state index contributed by atoms with van der Waals surface area (Å²) in [5, 5.41) is 7.75. The quantitative estimate of drug-likeness (QED) is 0.618. The highest BCUT2D eigenvalue weighted by Crippen LogP contribution is 2.18. The van der Waals surface area contributed by atoms with E-state index >= 15 is 0 Å². The lowest BCUT2D eigenvalue weighted by Gasteiger charge is -2.22. The van der Waals surface area contributed by atoms with Gasteiger partial charge in [0, 0.05) is 11.7 Å². The highest BCUT2D eigenvalue weighted by Gasteiger charge is 2.11. The van der Waals surface area contributed by atoms with Gasteiger partial charge < -0.3 is 10.6 Å². The maximum absolute atomic E-state index is 5.57. The van der Waals surface area contributed by atoms with Crippen molar-refractivity contribution in [1.29, 1.82) is 0 Å². The fourth-order valence-corrected chi connectivity index (χ4v) is 3.88. The summed E-state index contributed by atoms with van der Waals surface area (Å²) in [6, 6.07) is 6.98. The van der Waals surface area contributed by atoms with Crippen molar-refractivity contribution in [3.8, 4) is 0 Å². The van der Waals surface area contributed by atoms with Crippen molar-refractivity contribution in [1.82, 2.24) is 5.32 Å². The lowest BCUT2D eigenvalue weighted by molar-refractivity contribution is 0.444. The Morgan fingerprint density at radius 3 is 1.96 bits per heavy atom. The highest BCUT2D eigenvalue weighted by molar-refractivity contribution is 7.80. The van der Waals surface area contributed by atoms with Gasteiger partial charge in [0.05, 0.1) is 0 Å². The van der Waals surface area contributed by atoms with Crippen LogP contribution in [0.1, 0.15) is 81.8 Å². The van der Waals surface area contributed by atoms with Gasteiger partial charge in [-0.1, -0.05) is 75.5 Å². The lowest BCUT2D eigenvalue weighted by atomic mass is 9.98. The predicted octanol–water partition coefficient (Wildman–Crippen LogP) is 6.26. The fourth-order valence-electron chi connectivity index (χ4n) is 3.61. The van der Waals surface area contributed by atoms with Crippen LogP contribution in [-0.2, 0) is 0 Å². The third-order valence-corrected chi connectivity index (χ3v) is 5.29. The van der Waals surface area contributed by atoms with E-state index in [1.54, 1.807) is 0 Å². The first-order valence-electron chi connectivity index (χ1n) is 9.80. The van der Waals surface area contributed by atoms with E-state index in [1.807, 2.05) is 0 Å². The number of nitrogens with one attached hydrogen (secondary N) is 2. The topological polar surface area (TPSA) is 24.1 Å². The molecule has 0 aromatic heterocycles. The monoisotopic (exact) mass is 346 g/mol. The number of hydrogen-bond acceptors (Lipinski definition) is 1. The Morgan fingerprint density at radius 1 is 0.875 bits per heavy atom. The van der Waals surface area contributed by atoms with Crippen LogP contribution in [0.4, 0.5) is 5.69 Å². The molecular weight excluding hydrogens is 312 g/mol. The number of thiocarbonyl (C=S) groups is 1. The fraction of sp³-hybridized carbons (Fsp3) is 0.667. The van der Waals surface area contributed by atoms with Crippen molar-refractivity contribution < 1.29 is 0 Å². The molecule has 0 aliphatic heterocycles. The molecule has 1 aromatic rings. The van der Waals surface area contributed by atoms with Gasteiger partial charge in [0.2, 0.25) is 0 Å². The molecule has 24 heavy (non-hydrogen) atoms. The van der Waals surface area contributed by atoms with Gasteiger partial charge in [0.15, 0.2) is 5.11 Å². The maximum atomic E-state index is 5.57. The van der Waals surface area contributed by atoms with Gasteiger partial charge >= 0.3 is 0 Å². The van der Waals surface area contributed by atoms with E-state index in [1.165, 1.54) is 81.8 Å². The zero-order chi connectivity index (χ0) is 17.2. The normalized spacial score (nSPS) is 18.2. The van der Waals surface area contributed by atoms with E-state index in [0.29, 0.717) is 6.04 Å². The summed E-state index contributed by atoms with van der Waals surface area (Å²) in [7, 11) is 0. The summed E-state index contributed by atoms with van der Waals surface area (Å²) in [5.74, 6) is 0. The summed E-state index contributed by atoms with van der Waals surface area (Å²) in [4.78, 5) is 0. The average molecular weight is 347 g/mol. The Labute approximate surface area is 153 Å². The van der Waals surface area contributed by atoms with Crippen molar-refractivity contribution in [2.45, 2.75) is 90.5 Å². The van der Waals surface area contributed by atoms with Crippen LogP contribution in [0.5, 0.6) is 0 Å². The molecule has 2 N–H and O–H groups in total. The molecular formula is C21H34N2S. The minimum atomic E-state index is 0.523. The number of aryl methyl sites for hydroxylation is 2. The van der Waals surface area contributed by atoms with Crippen molar-refractivity contribution in [3.05, 3.63) is 29.3 Å². The molecule has 0 saturated heterocycles. The van der Waals surface area contributed by atoms with Crippen LogP contribution >= 0.6 is 12.2 Å². The molecule has 1 saturated carbocycles. The Balaban J connectivity index is 1.84. The molecule has 0 heterocycles. The number of benzene rings is 1. The molecule has 134 valence electrons. The molecule has 2 nitrogen and oxygen atoms in total. The predicted molar refractivity (Wildman–Crippen MR) is 110 cm³/mol. The van der Waals surface area contributed by atoms with E-state index in [9.17, 15) is 0 Å². The third kappa shape index (κ3) is 7.21. The summed E-state index contributed by atoms with van der Waals surface area (Å²) >= 11 is 5.57. The van der Waals surface area contributed by atoms with E-state index in [-0.39, 0.29) is 0 Å². The first kappa shape index (κ1) is 19.2. The molecule has 0 spiro atoms. The summed E-state index contributed by atoms with van der Waals surface area (Å²) in [5.41, 5.74) is 3.65. The summed E-state index contributed by atoms with van der Waals surface area (Å²) in [6.07, 6.45) is 15.0. The molecule has 2 rings (SSSR count). The zero-order valence-corrected chi connectivity index (χ0v) is 16.3. The number of anilines is 1. The van der Waals surface area contributed by atoms with Crippen LogP contribution in [0.15, 0.2) is 18.2 Å². The van der Waals surface area contributed by atoms with E-state index in [0.717, 1.165) is 10.8 Å². The molecule has 3 heteroatoms. The second-order valence-electron chi connectivity index (χ2n) is 7.37. The van der Waals surface area contributed by atoms with Crippen LogP contribution in [-0.4, -0.2) is 11.2 Å². The largest absolute Gasteiger partial charge is 0.360 e. The molecule has 0 unspecified atom stereocenters. The Kier molecular flexibility index (Phi) is 8.58. The Bertz CT molecular complexity index is 501. The van der Waals surface area contributed by atoms with Crippen molar-refractivity contribution in [3.63, 3.8) is 0 Å². The molecule has 0 amide bonds. The minimum Gasteiger partial charge on any atom is -0.360 e. The van der Waals surface area contributed by atoms with E-state index < -0.39 is 0 Å². The van der Waals surface area contributed by atoms with Crippen molar-refractivity contribution in [2.24, 2.45) is 0 Å². The Morgan fingerprint density at radius 2 is 1.42 bits per heavy atom. The highest BCUT2D eigenvalue weighted by atomic mass is 32.1. The maximum Gasteiger partial charge on any atom is 0.171 e. The summed E-state index contributed by atoms with van der Waals surface area (Å²) in [6.45, 7) is 4.26. The molecule has 1 aliphatic rings. The number of rotatable bonds is 2. The van der Waals surface area contributed by atoms with E-state index in [4.69, 9.17) is 12.2 Å². The number of hydrogen-bond donors (Lipinski definition) is 2. The second-order valence-corrected chi connectivity index (χ2v) is 7.78. The lowest BCUT2D eigenvalue weighted by Crippen LogP contribution is -2.38. The molecule has 1 aromatic carbocycles. The van der Waals surface area contributed by atoms with Crippen LogP contribution in [0.3, 0.4) is 0 Å². The van der Waals surface area contributed by atoms with Gasteiger partial charge in [0.25, 0.3) is 0 Å². The van der Waals surface area contributed by atoms with Gasteiger partial charge in [-0.3, -0.25) is 0 Å². The van der Waals surface area contributed by atoms with Crippen LogP contribution in [0.25, 0.3) is 0 Å². The first-order chi connectivity index (χ1) is 11.6. The smallest absolute Gasteiger partial charge is 0.171 e. The van der Waals surface area contributed by atoms with E-state index in [2.05, 4.69) is 42.7 Å². The van der Waals surface area contributed by atoms with Crippen LogP contribution in [0, 0.1) is 13.8 Å². The first-order valence-corrected chi connectivity index (χ1v) is 10.2. The van der Waals surface area contributed by atoms with Gasteiger partial charge in [-0.2, -0.15) is 0 Å².